The third kappa shape index (κ3) is 4.58. The summed E-state index contributed by atoms with van der Waals surface area (Å²) in [4.78, 5) is 29.7. The first-order valence-corrected chi connectivity index (χ1v) is 12.5. The first kappa shape index (κ1) is 24.6. The van der Waals surface area contributed by atoms with Gasteiger partial charge in [0.15, 0.2) is 0 Å². The Morgan fingerprint density at radius 1 is 0.973 bits per heavy atom. The van der Waals surface area contributed by atoms with Gasteiger partial charge in [0.1, 0.15) is 5.75 Å². The Balaban J connectivity index is 1.63. The molecule has 0 fully saturated rings. The lowest BCUT2D eigenvalue weighted by Crippen LogP contribution is -2.47. The van der Waals surface area contributed by atoms with E-state index in [9.17, 15) is 9.59 Å². The number of rotatable bonds is 8. The van der Waals surface area contributed by atoms with Crippen molar-refractivity contribution in [1.29, 1.82) is 0 Å². The van der Waals surface area contributed by atoms with E-state index in [-0.39, 0.29) is 11.8 Å². The van der Waals surface area contributed by atoms with E-state index >= 15 is 0 Å². The first-order chi connectivity index (χ1) is 18.0. The number of fused-ring (bicyclic) bond motifs is 2. The van der Waals surface area contributed by atoms with E-state index in [0.717, 1.165) is 27.8 Å². The number of nitrogens with one attached hydrogen (secondary N) is 1. The van der Waals surface area contributed by atoms with E-state index in [1.165, 1.54) is 0 Å². The molecule has 0 spiro atoms. The van der Waals surface area contributed by atoms with E-state index in [1.807, 2.05) is 91.5 Å². The molecule has 5 rings (SSSR count). The number of ether oxygens (including phenoxy) is 2. The molecule has 37 heavy (non-hydrogen) atoms. The largest absolute Gasteiger partial charge is 0.494 e. The molecule has 1 aliphatic rings. The molecule has 1 aromatic heterocycles. The van der Waals surface area contributed by atoms with Gasteiger partial charge in [-0.1, -0.05) is 36.4 Å². The number of benzene rings is 3. The van der Waals surface area contributed by atoms with Crippen molar-refractivity contribution in [2.45, 2.75) is 18.9 Å². The summed E-state index contributed by atoms with van der Waals surface area (Å²) in [5, 5.41) is 4.11. The highest BCUT2D eigenvalue weighted by Gasteiger charge is 2.45. The molecule has 190 valence electrons. The van der Waals surface area contributed by atoms with E-state index in [2.05, 4.69) is 5.32 Å². The summed E-state index contributed by atoms with van der Waals surface area (Å²) < 4.78 is 13.0. The average Bonchev–Trinajstić information content (AvgIpc) is 3.25. The van der Waals surface area contributed by atoms with Gasteiger partial charge in [-0.25, -0.2) is 0 Å². The van der Waals surface area contributed by atoms with Crippen molar-refractivity contribution in [3.63, 3.8) is 0 Å². The van der Waals surface area contributed by atoms with Gasteiger partial charge < -0.3 is 24.3 Å². The summed E-state index contributed by atoms with van der Waals surface area (Å²) in [7, 11) is 3.60. The van der Waals surface area contributed by atoms with Crippen molar-refractivity contribution in [3.8, 4) is 5.75 Å². The normalized spacial score (nSPS) is 17.1. The van der Waals surface area contributed by atoms with Gasteiger partial charge in [0.2, 0.25) is 5.91 Å². The van der Waals surface area contributed by atoms with Crippen molar-refractivity contribution in [1.82, 2.24) is 9.47 Å². The Bertz CT molecular complexity index is 1430. The molecular weight excluding hydrogens is 466 g/mol. The molecule has 0 saturated heterocycles. The van der Waals surface area contributed by atoms with E-state index in [0.29, 0.717) is 31.0 Å². The number of anilines is 1. The second-order valence-corrected chi connectivity index (χ2v) is 9.16. The predicted molar refractivity (Wildman–Crippen MR) is 144 cm³/mol. The van der Waals surface area contributed by atoms with Crippen LogP contribution in [0, 0.1) is 0 Å². The molecule has 0 saturated carbocycles. The summed E-state index contributed by atoms with van der Waals surface area (Å²) in [6.07, 6.45) is 2.04. The fourth-order valence-corrected chi connectivity index (χ4v) is 5.29. The monoisotopic (exact) mass is 497 g/mol. The van der Waals surface area contributed by atoms with Crippen molar-refractivity contribution in [2.75, 3.05) is 32.2 Å². The van der Waals surface area contributed by atoms with Crippen LogP contribution in [-0.2, 0) is 16.6 Å². The lowest BCUT2D eigenvalue weighted by Gasteiger charge is -2.41. The Kier molecular flexibility index (Phi) is 6.97. The summed E-state index contributed by atoms with van der Waals surface area (Å²) in [6.45, 7) is 3.23. The van der Waals surface area contributed by atoms with Crippen LogP contribution in [0.2, 0.25) is 0 Å². The van der Waals surface area contributed by atoms with Crippen molar-refractivity contribution < 1.29 is 19.1 Å². The third-order valence-corrected chi connectivity index (χ3v) is 6.94. The first-order valence-electron chi connectivity index (χ1n) is 12.5. The van der Waals surface area contributed by atoms with Gasteiger partial charge >= 0.3 is 0 Å². The number of nitrogens with zero attached hydrogens (tertiary/aromatic N) is 2. The molecule has 1 N–H and O–H groups in total. The second kappa shape index (κ2) is 10.5. The van der Waals surface area contributed by atoms with Crippen LogP contribution in [0.4, 0.5) is 5.69 Å². The van der Waals surface area contributed by atoms with Gasteiger partial charge in [-0.3, -0.25) is 9.59 Å². The predicted octanol–water partition coefficient (Wildman–Crippen LogP) is 5.14. The van der Waals surface area contributed by atoms with Crippen LogP contribution in [0.25, 0.3) is 10.9 Å². The topological polar surface area (TPSA) is 72.8 Å². The third-order valence-electron chi connectivity index (χ3n) is 6.94. The number of methoxy groups -OCH3 is 1. The van der Waals surface area contributed by atoms with Crippen LogP contribution in [0.3, 0.4) is 0 Å². The molecule has 4 aromatic rings. The number of carbonyl (C=O) groups excluding carboxylic acids is 2. The van der Waals surface area contributed by atoms with Gasteiger partial charge in [0, 0.05) is 54.6 Å². The highest BCUT2D eigenvalue weighted by Crippen LogP contribution is 2.45. The molecule has 0 aliphatic carbocycles. The minimum Gasteiger partial charge on any atom is -0.494 e. The lowest BCUT2D eigenvalue weighted by atomic mass is 9.79. The average molecular weight is 498 g/mol. The van der Waals surface area contributed by atoms with Crippen LogP contribution >= 0.6 is 0 Å². The summed E-state index contributed by atoms with van der Waals surface area (Å²) in [5.74, 6) is -0.156. The van der Waals surface area contributed by atoms with Gasteiger partial charge in [0.25, 0.3) is 5.91 Å². The van der Waals surface area contributed by atoms with Crippen molar-refractivity contribution >= 4 is 28.4 Å². The minimum absolute atomic E-state index is 0.101. The molecule has 0 radical (unpaired) electrons. The standard InChI is InChI=1S/C30H31N3O4/c1-4-37-21-15-13-20(14-16-21)31-29(34)27-23-10-5-6-11-24(23)30(35)33(17-18-36-3)28(27)25-19-32(2)26-12-8-7-9-22(25)26/h5-16,19,27-28H,4,17-18H2,1-3H3,(H,31,34)/t27-,28-/m0/s1. The van der Waals surface area contributed by atoms with Crippen LogP contribution in [0.15, 0.2) is 79.0 Å². The number of hydrogen-bond acceptors (Lipinski definition) is 4. The van der Waals surface area contributed by atoms with E-state index in [4.69, 9.17) is 9.47 Å². The minimum atomic E-state index is -0.622. The quantitative estimate of drug-likeness (QED) is 0.366. The van der Waals surface area contributed by atoms with E-state index < -0.39 is 12.0 Å². The van der Waals surface area contributed by atoms with Gasteiger partial charge in [0.05, 0.1) is 25.2 Å². The molecule has 7 heteroatoms. The highest BCUT2D eigenvalue weighted by molar-refractivity contribution is 6.05. The molecule has 3 aromatic carbocycles. The molecule has 2 amide bonds. The molecule has 1 aliphatic heterocycles. The van der Waals surface area contributed by atoms with Crippen molar-refractivity contribution in [2.24, 2.45) is 7.05 Å². The molecule has 0 unspecified atom stereocenters. The highest BCUT2D eigenvalue weighted by atomic mass is 16.5. The van der Waals surface area contributed by atoms with Gasteiger partial charge in [-0.05, 0) is 48.9 Å². The molecule has 2 heterocycles. The van der Waals surface area contributed by atoms with Crippen LogP contribution in [-0.4, -0.2) is 48.1 Å². The fourth-order valence-electron chi connectivity index (χ4n) is 5.29. The summed E-state index contributed by atoms with van der Waals surface area (Å²) >= 11 is 0. The Labute approximate surface area is 216 Å². The molecule has 2 atom stereocenters. The maximum absolute atomic E-state index is 14.1. The van der Waals surface area contributed by atoms with Crippen LogP contribution < -0.4 is 10.1 Å². The van der Waals surface area contributed by atoms with Crippen LogP contribution in [0.5, 0.6) is 5.75 Å². The number of hydrogen-bond donors (Lipinski definition) is 1. The summed E-state index contributed by atoms with van der Waals surface area (Å²) in [5.41, 5.74) is 3.91. The maximum Gasteiger partial charge on any atom is 0.254 e. The zero-order valence-corrected chi connectivity index (χ0v) is 21.3. The zero-order valence-electron chi connectivity index (χ0n) is 21.3. The zero-order chi connectivity index (χ0) is 25.9. The number of para-hydroxylation sites is 1. The van der Waals surface area contributed by atoms with Gasteiger partial charge in [-0.2, -0.15) is 0 Å². The molecular formula is C30H31N3O4. The maximum atomic E-state index is 14.1. The number of aryl methyl sites for hydroxylation is 1. The van der Waals surface area contributed by atoms with E-state index in [1.54, 1.807) is 18.1 Å². The molecule has 7 nitrogen and oxygen atoms in total. The lowest BCUT2D eigenvalue weighted by molar-refractivity contribution is -0.119. The number of carbonyl (C=O) groups is 2. The fraction of sp³-hybridized carbons (Fsp3) is 0.267. The SMILES string of the molecule is CCOc1ccc(NC(=O)[C@H]2c3ccccc3C(=O)N(CCOC)[C@H]2c2cn(C)c3ccccc23)cc1. The Morgan fingerprint density at radius 2 is 1.70 bits per heavy atom. The van der Waals surface area contributed by atoms with Crippen LogP contribution in [0.1, 0.15) is 40.4 Å². The van der Waals surface area contributed by atoms with Crippen molar-refractivity contribution in [3.05, 3.63) is 95.7 Å². The number of amides is 2. The second-order valence-electron chi connectivity index (χ2n) is 9.16. The molecule has 0 bridgehead atoms. The van der Waals surface area contributed by atoms with Gasteiger partial charge in [-0.15, -0.1) is 0 Å². The Hall–Kier alpha value is -4.10. The number of aromatic nitrogens is 1. The smallest absolute Gasteiger partial charge is 0.254 e. The summed E-state index contributed by atoms with van der Waals surface area (Å²) in [6, 6.07) is 22.3. The Morgan fingerprint density at radius 3 is 2.46 bits per heavy atom.